The Balaban J connectivity index is 3.46. The molecule has 0 amide bonds. The van der Waals surface area contributed by atoms with E-state index in [4.69, 9.17) is 5.21 Å². The lowest BCUT2D eigenvalue weighted by molar-refractivity contribution is 0.322. The number of rotatable bonds is 1. The van der Waals surface area contributed by atoms with Gasteiger partial charge in [0.1, 0.15) is 0 Å². The number of nitrogens with zero attached hydrogens (tertiary/aromatic N) is 1. The molecular formula is C5H9NO. The molecule has 0 aliphatic rings. The molecule has 2 nitrogen and oxygen atoms in total. The fraction of sp³-hybridized carbons (Fsp3) is 0.400. The van der Waals surface area contributed by atoms with Crippen molar-refractivity contribution in [3.63, 3.8) is 0 Å². The average Bonchev–Trinajstić information content (AvgIpc) is 1.61. The quantitative estimate of drug-likeness (QED) is 0.301. The monoisotopic (exact) mass is 99.1 g/mol. The molecule has 0 aromatic rings. The summed E-state index contributed by atoms with van der Waals surface area (Å²) in [6.45, 7) is 3.86. The van der Waals surface area contributed by atoms with Crippen LogP contribution in [-0.2, 0) is 0 Å². The van der Waals surface area contributed by atoms with Gasteiger partial charge in [-0.3, -0.25) is 0 Å². The van der Waals surface area contributed by atoms with E-state index in [0.717, 1.165) is 5.57 Å². The average molecular weight is 99.1 g/mol. The standard InChI is InChI=1S/C5H9NO/c1-5(2)3-4-6-7/h3-4,7H,1-2H3. The minimum atomic E-state index is 1.12. The van der Waals surface area contributed by atoms with Gasteiger partial charge in [0.2, 0.25) is 0 Å². The predicted octanol–water partition coefficient (Wildman–Crippen LogP) is 1.41. The smallest absolute Gasteiger partial charge is 0.0660 e. The largest absolute Gasteiger partial charge is 0.411 e. The molecule has 0 aromatic carbocycles. The van der Waals surface area contributed by atoms with Crippen LogP contribution < -0.4 is 0 Å². The van der Waals surface area contributed by atoms with Crippen LogP contribution in [0.3, 0.4) is 0 Å². The van der Waals surface area contributed by atoms with Crippen molar-refractivity contribution < 1.29 is 5.21 Å². The van der Waals surface area contributed by atoms with E-state index in [9.17, 15) is 0 Å². The van der Waals surface area contributed by atoms with Gasteiger partial charge in [0.15, 0.2) is 0 Å². The summed E-state index contributed by atoms with van der Waals surface area (Å²) < 4.78 is 0. The first kappa shape index (κ1) is 6.21. The van der Waals surface area contributed by atoms with E-state index in [1.165, 1.54) is 6.21 Å². The molecule has 0 aromatic heterocycles. The molecular weight excluding hydrogens is 90.1 g/mol. The first-order chi connectivity index (χ1) is 3.27. The van der Waals surface area contributed by atoms with Gasteiger partial charge in [0, 0.05) is 0 Å². The molecule has 0 bridgehead atoms. The van der Waals surface area contributed by atoms with Crippen LogP contribution in [0.1, 0.15) is 13.8 Å². The highest BCUT2D eigenvalue weighted by Crippen LogP contribution is 1.82. The third kappa shape index (κ3) is 5.21. The third-order valence-corrected chi connectivity index (χ3v) is 0.475. The van der Waals surface area contributed by atoms with Gasteiger partial charge in [-0.25, -0.2) is 0 Å². The van der Waals surface area contributed by atoms with Crippen molar-refractivity contribution in [3.05, 3.63) is 11.6 Å². The van der Waals surface area contributed by atoms with Crippen LogP contribution >= 0.6 is 0 Å². The maximum absolute atomic E-state index is 7.84. The van der Waals surface area contributed by atoms with Gasteiger partial charge in [0.25, 0.3) is 0 Å². The van der Waals surface area contributed by atoms with Crippen LogP contribution in [0.25, 0.3) is 0 Å². The Hall–Kier alpha value is -0.790. The van der Waals surface area contributed by atoms with E-state index in [1.807, 2.05) is 13.8 Å². The molecule has 0 atom stereocenters. The Morgan fingerprint density at radius 3 is 2.29 bits per heavy atom. The van der Waals surface area contributed by atoms with Crippen molar-refractivity contribution in [1.29, 1.82) is 0 Å². The molecule has 0 aliphatic heterocycles. The van der Waals surface area contributed by atoms with Crippen molar-refractivity contribution in [2.75, 3.05) is 0 Å². The van der Waals surface area contributed by atoms with Crippen LogP contribution in [0.5, 0.6) is 0 Å². The summed E-state index contributed by atoms with van der Waals surface area (Å²) in [5, 5.41) is 10.6. The summed E-state index contributed by atoms with van der Waals surface area (Å²) in [4.78, 5) is 0. The van der Waals surface area contributed by atoms with E-state index in [1.54, 1.807) is 6.08 Å². The lowest BCUT2D eigenvalue weighted by atomic mass is 10.3. The molecule has 0 unspecified atom stereocenters. The summed E-state index contributed by atoms with van der Waals surface area (Å²) >= 11 is 0. The number of hydrogen-bond donors (Lipinski definition) is 1. The lowest BCUT2D eigenvalue weighted by Crippen LogP contribution is -1.65. The Labute approximate surface area is 43.2 Å². The minimum absolute atomic E-state index is 1.12. The summed E-state index contributed by atoms with van der Waals surface area (Å²) in [6, 6.07) is 0. The molecule has 40 valence electrons. The predicted molar refractivity (Wildman–Crippen MR) is 29.7 cm³/mol. The third-order valence-electron chi connectivity index (χ3n) is 0.475. The molecule has 0 heterocycles. The molecule has 0 rings (SSSR count). The molecule has 0 saturated carbocycles. The zero-order valence-corrected chi connectivity index (χ0v) is 4.55. The molecule has 0 saturated heterocycles. The van der Waals surface area contributed by atoms with Gasteiger partial charge in [-0.15, -0.1) is 0 Å². The van der Waals surface area contributed by atoms with Crippen LogP contribution in [0.2, 0.25) is 0 Å². The summed E-state index contributed by atoms with van der Waals surface area (Å²) in [6.07, 6.45) is 3.06. The highest BCUT2D eigenvalue weighted by atomic mass is 16.4. The first-order valence-electron chi connectivity index (χ1n) is 2.08. The zero-order chi connectivity index (χ0) is 5.70. The van der Waals surface area contributed by atoms with Crippen molar-refractivity contribution >= 4 is 6.21 Å². The van der Waals surface area contributed by atoms with E-state index in [2.05, 4.69) is 5.16 Å². The topological polar surface area (TPSA) is 32.6 Å². The highest BCUT2D eigenvalue weighted by Gasteiger charge is 1.67. The molecule has 0 spiro atoms. The number of hydrogen-bond acceptors (Lipinski definition) is 2. The number of oxime groups is 1. The molecule has 0 aliphatic carbocycles. The van der Waals surface area contributed by atoms with E-state index < -0.39 is 0 Å². The SMILES string of the molecule is CC(C)=CC=NO. The van der Waals surface area contributed by atoms with Crippen molar-refractivity contribution in [3.8, 4) is 0 Å². The zero-order valence-electron chi connectivity index (χ0n) is 4.55. The molecule has 2 heteroatoms. The van der Waals surface area contributed by atoms with Crippen LogP contribution in [0.15, 0.2) is 16.8 Å². The van der Waals surface area contributed by atoms with Crippen molar-refractivity contribution in [1.82, 2.24) is 0 Å². The van der Waals surface area contributed by atoms with Gasteiger partial charge in [-0.1, -0.05) is 10.7 Å². The first-order valence-corrected chi connectivity index (χ1v) is 2.08. The van der Waals surface area contributed by atoms with Crippen molar-refractivity contribution in [2.24, 2.45) is 5.16 Å². The summed E-state index contributed by atoms with van der Waals surface area (Å²) in [7, 11) is 0. The Morgan fingerprint density at radius 2 is 2.14 bits per heavy atom. The maximum atomic E-state index is 7.84. The Morgan fingerprint density at radius 1 is 1.57 bits per heavy atom. The fourth-order valence-electron chi connectivity index (χ4n) is 0.182. The van der Waals surface area contributed by atoms with E-state index in [0.29, 0.717) is 0 Å². The van der Waals surface area contributed by atoms with Crippen LogP contribution in [0, 0.1) is 0 Å². The second-order valence-corrected chi connectivity index (χ2v) is 1.51. The van der Waals surface area contributed by atoms with Crippen molar-refractivity contribution in [2.45, 2.75) is 13.8 Å². The normalized spacial score (nSPS) is 9.43. The van der Waals surface area contributed by atoms with E-state index in [-0.39, 0.29) is 0 Å². The Bertz CT molecular complexity index is 90.3. The molecule has 0 radical (unpaired) electrons. The Kier molecular flexibility index (Phi) is 3.02. The molecule has 1 N–H and O–H groups in total. The molecule has 0 fully saturated rings. The van der Waals surface area contributed by atoms with Gasteiger partial charge in [-0.2, -0.15) is 0 Å². The van der Waals surface area contributed by atoms with Gasteiger partial charge in [-0.05, 0) is 19.9 Å². The second kappa shape index (κ2) is 3.40. The maximum Gasteiger partial charge on any atom is 0.0660 e. The molecule has 7 heavy (non-hydrogen) atoms. The minimum Gasteiger partial charge on any atom is -0.411 e. The number of allylic oxidation sites excluding steroid dienone is 2. The summed E-state index contributed by atoms with van der Waals surface area (Å²) in [5.74, 6) is 0. The van der Waals surface area contributed by atoms with Gasteiger partial charge < -0.3 is 5.21 Å². The second-order valence-electron chi connectivity index (χ2n) is 1.51. The summed E-state index contributed by atoms with van der Waals surface area (Å²) in [5.41, 5.74) is 1.12. The van der Waals surface area contributed by atoms with Gasteiger partial charge in [0.05, 0.1) is 6.21 Å². The fourth-order valence-corrected chi connectivity index (χ4v) is 0.182. The van der Waals surface area contributed by atoms with Crippen LogP contribution in [0.4, 0.5) is 0 Å². The highest BCUT2D eigenvalue weighted by molar-refractivity contribution is 5.71. The van der Waals surface area contributed by atoms with Crippen LogP contribution in [-0.4, -0.2) is 11.4 Å². The van der Waals surface area contributed by atoms with E-state index >= 15 is 0 Å². The lowest BCUT2D eigenvalue weighted by Gasteiger charge is -1.76. The van der Waals surface area contributed by atoms with Gasteiger partial charge >= 0.3 is 0 Å².